The maximum absolute atomic E-state index is 12.4. The zero-order chi connectivity index (χ0) is 20.5. The molecule has 0 bridgehead atoms. The van der Waals surface area contributed by atoms with E-state index in [-0.39, 0.29) is 17.7 Å². The molecule has 0 radical (unpaired) electrons. The maximum Gasteiger partial charge on any atom is 0.255 e. The second-order valence-electron chi connectivity index (χ2n) is 6.30. The Morgan fingerprint density at radius 2 is 1.43 bits per heavy atom. The highest BCUT2D eigenvalue weighted by atomic mass is 16.2. The van der Waals surface area contributed by atoms with Crippen LogP contribution in [0.4, 0.5) is 17.1 Å². The van der Waals surface area contributed by atoms with Gasteiger partial charge in [0, 0.05) is 29.5 Å². The SMILES string of the molecule is CCN(CC)CC(=O)Nc1ccc(C(=O)Nc2cccc(NC(C)=O)c2)cc1. The number of amides is 3. The van der Waals surface area contributed by atoms with E-state index in [1.54, 1.807) is 48.5 Å². The maximum atomic E-state index is 12.4. The molecule has 0 fully saturated rings. The minimum atomic E-state index is -0.277. The van der Waals surface area contributed by atoms with E-state index in [4.69, 9.17) is 0 Å². The van der Waals surface area contributed by atoms with Gasteiger partial charge >= 0.3 is 0 Å². The molecule has 2 aromatic carbocycles. The smallest absolute Gasteiger partial charge is 0.255 e. The zero-order valence-corrected chi connectivity index (χ0v) is 16.4. The summed E-state index contributed by atoms with van der Waals surface area (Å²) < 4.78 is 0. The Bertz CT molecular complexity index is 830. The molecular weight excluding hydrogens is 356 g/mol. The van der Waals surface area contributed by atoms with Gasteiger partial charge in [-0.05, 0) is 55.6 Å². The average molecular weight is 382 g/mol. The Kier molecular flexibility index (Phi) is 7.71. The van der Waals surface area contributed by atoms with E-state index in [1.165, 1.54) is 6.92 Å². The molecule has 0 aliphatic heterocycles. The van der Waals surface area contributed by atoms with Crippen LogP contribution in [0.3, 0.4) is 0 Å². The number of carbonyl (C=O) groups excluding carboxylic acids is 3. The Balaban J connectivity index is 1.96. The van der Waals surface area contributed by atoms with Gasteiger partial charge in [-0.15, -0.1) is 0 Å². The third-order valence-electron chi connectivity index (χ3n) is 4.13. The molecule has 0 spiro atoms. The Morgan fingerprint density at radius 1 is 0.821 bits per heavy atom. The van der Waals surface area contributed by atoms with E-state index in [1.807, 2.05) is 18.7 Å². The minimum Gasteiger partial charge on any atom is -0.326 e. The van der Waals surface area contributed by atoms with Crippen molar-refractivity contribution < 1.29 is 14.4 Å². The number of benzene rings is 2. The summed E-state index contributed by atoms with van der Waals surface area (Å²) in [4.78, 5) is 37.6. The second-order valence-corrected chi connectivity index (χ2v) is 6.30. The lowest BCUT2D eigenvalue weighted by Gasteiger charge is -2.17. The van der Waals surface area contributed by atoms with Gasteiger partial charge < -0.3 is 16.0 Å². The highest BCUT2D eigenvalue weighted by molar-refractivity contribution is 6.05. The highest BCUT2D eigenvalue weighted by Crippen LogP contribution is 2.17. The fourth-order valence-corrected chi connectivity index (χ4v) is 2.64. The molecule has 0 aromatic heterocycles. The molecule has 7 nitrogen and oxygen atoms in total. The minimum absolute atomic E-state index is 0.0873. The van der Waals surface area contributed by atoms with Gasteiger partial charge in [0.1, 0.15) is 0 Å². The Hall–Kier alpha value is -3.19. The fraction of sp³-hybridized carbons (Fsp3) is 0.286. The van der Waals surface area contributed by atoms with Crippen molar-refractivity contribution in [3.05, 3.63) is 54.1 Å². The normalized spacial score (nSPS) is 10.4. The van der Waals surface area contributed by atoms with Gasteiger partial charge in [0.2, 0.25) is 11.8 Å². The van der Waals surface area contributed by atoms with Gasteiger partial charge in [0.05, 0.1) is 6.54 Å². The third kappa shape index (κ3) is 6.51. The second kappa shape index (κ2) is 10.2. The fourth-order valence-electron chi connectivity index (χ4n) is 2.64. The molecule has 0 saturated heterocycles. The van der Waals surface area contributed by atoms with Gasteiger partial charge in [-0.2, -0.15) is 0 Å². The summed E-state index contributed by atoms with van der Waals surface area (Å²) in [5.41, 5.74) is 2.29. The first-order valence-electron chi connectivity index (χ1n) is 9.22. The van der Waals surface area contributed by atoms with Crippen molar-refractivity contribution in [1.82, 2.24) is 4.90 Å². The van der Waals surface area contributed by atoms with Crippen molar-refractivity contribution in [1.29, 1.82) is 0 Å². The molecule has 0 aliphatic rings. The van der Waals surface area contributed by atoms with Gasteiger partial charge in [-0.25, -0.2) is 0 Å². The molecular formula is C21H26N4O3. The van der Waals surface area contributed by atoms with E-state index in [0.717, 1.165) is 13.1 Å². The van der Waals surface area contributed by atoms with Crippen molar-refractivity contribution in [2.45, 2.75) is 20.8 Å². The first-order valence-corrected chi connectivity index (χ1v) is 9.22. The molecule has 0 saturated carbocycles. The molecule has 148 valence electrons. The number of hydrogen-bond acceptors (Lipinski definition) is 4. The lowest BCUT2D eigenvalue weighted by molar-refractivity contribution is -0.117. The van der Waals surface area contributed by atoms with E-state index >= 15 is 0 Å². The molecule has 0 atom stereocenters. The summed E-state index contributed by atoms with van der Waals surface area (Å²) in [6.07, 6.45) is 0. The lowest BCUT2D eigenvalue weighted by atomic mass is 10.2. The van der Waals surface area contributed by atoms with E-state index in [9.17, 15) is 14.4 Å². The first kappa shape index (κ1) is 21.1. The van der Waals surface area contributed by atoms with E-state index in [2.05, 4.69) is 16.0 Å². The number of likely N-dealkylation sites (N-methyl/N-ethyl adjacent to an activating group) is 1. The molecule has 3 N–H and O–H groups in total. The summed E-state index contributed by atoms with van der Waals surface area (Å²) in [6.45, 7) is 7.40. The van der Waals surface area contributed by atoms with E-state index < -0.39 is 0 Å². The first-order chi connectivity index (χ1) is 13.4. The van der Waals surface area contributed by atoms with Crippen LogP contribution in [0.15, 0.2) is 48.5 Å². The van der Waals surface area contributed by atoms with Gasteiger partial charge in [-0.3, -0.25) is 19.3 Å². The third-order valence-corrected chi connectivity index (χ3v) is 4.13. The van der Waals surface area contributed by atoms with E-state index in [0.29, 0.717) is 29.2 Å². The van der Waals surface area contributed by atoms with Gasteiger partial charge in [-0.1, -0.05) is 19.9 Å². The van der Waals surface area contributed by atoms with Crippen molar-refractivity contribution >= 4 is 34.8 Å². The monoisotopic (exact) mass is 382 g/mol. The van der Waals surface area contributed by atoms with Crippen LogP contribution < -0.4 is 16.0 Å². The molecule has 7 heteroatoms. The quantitative estimate of drug-likeness (QED) is 0.654. The van der Waals surface area contributed by atoms with Crippen LogP contribution in [-0.4, -0.2) is 42.3 Å². The number of nitrogens with zero attached hydrogens (tertiary/aromatic N) is 1. The van der Waals surface area contributed by atoms with Crippen molar-refractivity contribution in [2.75, 3.05) is 35.6 Å². The predicted octanol–water partition coefficient (Wildman–Crippen LogP) is 3.18. The summed E-state index contributed by atoms with van der Waals surface area (Å²) in [5, 5.41) is 8.29. The Morgan fingerprint density at radius 3 is 2.00 bits per heavy atom. The van der Waals surface area contributed by atoms with Crippen LogP contribution in [0.5, 0.6) is 0 Å². The van der Waals surface area contributed by atoms with Crippen LogP contribution in [0, 0.1) is 0 Å². The van der Waals surface area contributed by atoms with Crippen LogP contribution in [0.2, 0.25) is 0 Å². The summed E-state index contributed by atoms with van der Waals surface area (Å²) in [7, 11) is 0. The number of nitrogens with one attached hydrogen (secondary N) is 3. The Labute approximate surface area is 165 Å². The lowest BCUT2D eigenvalue weighted by Crippen LogP contribution is -2.32. The molecule has 28 heavy (non-hydrogen) atoms. The summed E-state index contributed by atoms with van der Waals surface area (Å²) in [6, 6.07) is 13.6. The van der Waals surface area contributed by atoms with Crippen molar-refractivity contribution in [3.63, 3.8) is 0 Å². The number of rotatable bonds is 8. The van der Waals surface area contributed by atoms with Crippen LogP contribution >= 0.6 is 0 Å². The van der Waals surface area contributed by atoms with Crippen LogP contribution in [-0.2, 0) is 9.59 Å². The van der Waals surface area contributed by atoms with Crippen molar-refractivity contribution in [2.24, 2.45) is 0 Å². The molecule has 0 heterocycles. The largest absolute Gasteiger partial charge is 0.326 e. The average Bonchev–Trinajstić information content (AvgIpc) is 2.66. The van der Waals surface area contributed by atoms with Crippen LogP contribution in [0.1, 0.15) is 31.1 Å². The van der Waals surface area contributed by atoms with Crippen molar-refractivity contribution in [3.8, 4) is 0 Å². The number of carbonyl (C=O) groups is 3. The molecule has 0 unspecified atom stereocenters. The van der Waals surface area contributed by atoms with Crippen LogP contribution in [0.25, 0.3) is 0 Å². The predicted molar refractivity (Wildman–Crippen MR) is 112 cm³/mol. The van der Waals surface area contributed by atoms with Gasteiger partial charge in [0.15, 0.2) is 0 Å². The molecule has 0 aliphatic carbocycles. The standard InChI is InChI=1S/C21H26N4O3/c1-4-25(5-2)14-20(27)23-17-11-9-16(10-12-17)21(28)24-19-8-6-7-18(13-19)22-15(3)26/h6-13H,4-5,14H2,1-3H3,(H,22,26)(H,23,27)(H,24,28). The zero-order valence-electron chi connectivity index (χ0n) is 16.4. The highest BCUT2D eigenvalue weighted by Gasteiger charge is 2.10. The summed E-state index contributed by atoms with van der Waals surface area (Å²) >= 11 is 0. The van der Waals surface area contributed by atoms with Gasteiger partial charge in [0.25, 0.3) is 5.91 Å². The topological polar surface area (TPSA) is 90.5 Å². The number of anilines is 3. The number of hydrogen-bond donors (Lipinski definition) is 3. The molecule has 2 aromatic rings. The molecule has 2 rings (SSSR count). The summed E-state index contributed by atoms with van der Waals surface area (Å²) in [5.74, 6) is -0.543. The molecule has 3 amide bonds.